The standard InChI is InChI=1S/C8H9ClN2/c1-2-10-11-8-5-3-7(9)4-6-8/h3-6H,2H2,1H3. The van der Waals surface area contributed by atoms with E-state index in [9.17, 15) is 0 Å². The highest BCUT2D eigenvalue weighted by Crippen LogP contribution is 2.16. The first kappa shape index (κ1) is 8.21. The summed E-state index contributed by atoms with van der Waals surface area (Å²) in [7, 11) is 0. The summed E-state index contributed by atoms with van der Waals surface area (Å²) in [5.41, 5.74) is 0.844. The Morgan fingerprint density at radius 1 is 1.27 bits per heavy atom. The average molecular weight is 169 g/mol. The lowest BCUT2D eigenvalue weighted by atomic mass is 10.3. The third-order valence-electron chi connectivity index (χ3n) is 1.15. The Balaban J connectivity index is 2.73. The van der Waals surface area contributed by atoms with Crippen LogP contribution in [0.25, 0.3) is 0 Å². The van der Waals surface area contributed by atoms with Crippen LogP contribution in [0.2, 0.25) is 5.02 Å². The molecule has 0 radical (unpaired) electrons. The van der Waals surface area contributed by atoms with Gasteiger partial charge >= 0.3 is 0 Å². The predicted molar refractivity (Wildman–Crippen MR) is 46.5 cm³/mol. The van der Waals surface area contributed by atoms with Gasteiger partial charge in [0.2, 0.25) is 0 Å². The molecule has 0 amide bonds. The van der Waals surface area contributed by atoms with Crippen molar-refractivity contribution in [3.05, 3.63) is 29.3 Å². The zero-order valence-corrected chi connectivity index (χ0v) is 7.04. The van der Waals surface area contributed by atoms with E-state index in [1.807, 2.05) is 19.1 Å². The van der Waals surface area contributed by atoms with Crippen LogP contribution in [0.1, 0.15) is 6.92 Å². The maximum Gasteiger partial charge on any atom is 0.0853 e. The molecule has 2 nitrogen and oxygen atoms in total. The monoisotopic (exact) mass is 168 g/mol. The number of halogens is 1. The SMILES string of the molecule is CCN=Nc1ccc(Cl)cc1. The Morgan fingerprint density at radius 3 is 2.45 bits per heavy atom. The normalized spacial score (nSPS) is 10.7. The van der Waals surface area contributed by atoms with Crippen molar-refractivity contribution >= 4 is 17.3 Å². The van der Waals surface area contributed by atoms with E-state index in [2.05, 4.69) is 10.2 Å². The molecule has 0 saturated heterocycles. The van der Waals surface area contributed by atoms with Crippen LogP contribution in [-0.2, 0) is 0 Å². The number of hydrogen-bond acceptors (Lipinski definition) is 2. The van der Waals surface area contributed by atoms with Crippen molar-refractivity contribution in [2.75, 3.05) is 6.54 Å². The third kappa shape index (κ3) is 2.68. The van der Waals surface area contributed by atoms with E-state index < -0.39 is 0 Å². The molecule has 0 fully saturated rings. The van der Waals surface area contributed by atoms with Crippen molar-refractivity contribution in [3.63, 3.8) is 0 Å². The second kappa shape index (κ2) is 4.09. The van der Waals surface area contributed by atoms with Crippen molar-refractivity contribution in [3.8, 4) is 0 Å². The minimum atomic E-state index is 0.711. The zero-order valence-electron chi connectivity index (χ0n) is 6.29. The average Bonchev–Trinajstić information content (AvgIpc) is 2.04. The highest BCUT2D eigenvalue weighted by molar-refractivity contribution is 6.30. The highest BCUT2D eigenvalue weighted by Gasteiger charge is 1.87. The number of nitrogens with zero attached hydrogens (tertiary/aromatic N) is 2. The lowest BCUT2D eigenvalue weighted by Gasteiger charge is -1.90. The Labute approximate surface area is 70.9 Å². The van der Waals surface area contributed by atoms with Crippen molar-refractivity contribution in [2.24, 2.45) is 10.2 Å². The van der Waals surface area contributed by atoms with Gasteiger partial charge in [-0.05, 0) is 31.2 Å². The summed E-state index contributed by atoms with van der Waals surface area (Å²) < 4.78 is 0. The first-order valence-corrected chi connectivity index (χ1v) is 3.84. The molecule has 3 heteroatoms. The van der Waals surface area contributed by atoms with Crippen LogP contribution in [0.3, 0.4) is 0 Å². The van der Waals surface area contributed by atoms with E-state index in [0.717, 1.165) is 10.7 Å². The molecule has 0 unspecified atom stereocenters. The molecule has 1 aromatic carbocycles. The highest BCUT2D eigenvalue weighted by atomic mass is 35.5. The fraction of sp³-hybridized carbons (Fsp3) is 0.250. The van der Waals surface area contributed by atoms with Crippen molar-refractivity contribution in [1.29, 1.82) is 0 Å². The fourth-order valence-corrected chi connectivity index (χ4v) is 0.786. The quantitative estimate of drug-likeness (QED) is 0.605. The largest absolute Gasteiger partial charge is 0.189 e. The molecule has 0 aromatic heterocycles. The van der Waals surface area contributed by atoms with Crippen LogP contribution in [0, 0.1) is 0 Å². The van der Waals surface area contributed by atoms with Crippen molar-refractivity contribution in [2.45, 2.75) is 6.92 Å². The molecule has 0 spiro atoms. The van der Waals surface area contributed by atoms with Crippen LogP contribution in [-0.4, -0.2) is 6.54 Å². The molecule has 0 atom stereocenters. The van der Waals surface area contributed by atoms with Gasteiger partial charge in [0.05, 0.1) is 12.2 Å². The summed E-state index contributed by atoms with van der Waals surface area (Å²) in [5.74, 6) is 0. The summed E-state index contributed by atoms with van der Waals surface area (Å²) in [6, 6.07) is 7.26. The molecule has 0 N–H and O–H groups in total. The van der Waals surface area contributed by atoms with E-state index in [4.69, 9.17) is 11.6 Å². The molecule has 0 bridgehead atoms. The number of rotatable bonds is 2. The van der Waals surface area contributed by atoms with Gasteiger partial charge in [-0.2, -0.15) is 10.2 Å². The lowest BCUT2D eigenvalue weighted by Crippen LogP contribution is -1.65. The number of benzene rings is 1. The van der Waals surface area contributed by atoms with Gasteiger partial charge in [-0.3, -0.25) is 0 Å². The van der Waals surface area contributed by atoms with Gasteiger partial charge in [0.15, 0.2) is 0 Å². The molecular weight excluding hydrogens is 160 g/mol. The lowest BCUT2D eigenvalue weighted by molar-refractivity contribution is 1.01. The van der Waals surface area contributed by atoms with Crippen LogP contribution in [0.4, 0.5) is 5.69 Å². The van der Waals surface area contributed by atoms with E-state index in [1.54, 1.807) is 12.1 Å². The van der Waals surface area contributed by atoms with E-state index in [1.165, 1.54) is 0 Å². The van der Waals surface area contributed by atoms with E-state index in [-0.39, 0.29) is 0 Å². The van der Waals surface area contributed by atoms with Gasteiger partial charge in [-0.1, -0.05) is 11.6 Å². The summed E-state index contributed by atoms with van der Waals surface area (Å²) in [6.07, 6.45) is 0. The Kier molecular flexibility index (Phi) is 3.05. The third-order valence-corrected chi connectivity index (χ3v) is 1.41. The molecule has 58 valence electrons. The van der Waals surface area contributed by atoms with Gasteiger partial charge < -0.3 is 0 Å². The Hall–Kier alpha value is -0.890. The first-order chi connectivity index (χ1) is 5.33. The predicted octanol–water partition coefficient (Wildman–Crippen LogP) is 3.44. The molecular formula is C8H9ClN2. The van der Waals surface area contributed by atoms with Crippen molar-refractivity contribution < 1.29 is 0 Å². The summed E-state index contributed by atoms with van der Waals surface area (Å²) in [6.45, 7) is 2.65. The van der Waals surface area contributed by atoms with Crippen LogP contribution < -0.4 is 0 Å². The number of hydrogen-bond donors (Lipinski definition) is 0. The van der Waals surface area contributed by atoms with Crippen LogP contribution in [0.5, 0.6) is 0 Å². The van der Waals surface area contributed by atoms with Crippen LogP contribution >= 0.6 is 11.6 Å². The minimum absolute atomic E-state index is 0.711. The topological polar surface area (TPSA) is 24.7 Å². The van der Waals surface area contributed by atoms with Gasteiger partial charge in [0, 0.05) is 5.02 Å². The molecule has 0 aliphatic heterocycles. The van der Waals surface area contributed by atoms with Gasteiger partial charge in [-0.15, -0.1) is 0 Å². The first-order valence-electron chi connectivity index (χ1n) is 3.46. The second-order valence-corrected chi connectivity index (χ2v) is 2.47. The van der Waals surface area contributed by atoms with Gasteiger partial charge in [0.25, 0.3) is 0 Å². The van der Waals surface area contributed by atoms with Crippen molar-refractivity contribution in [1.82, 2.24) is 0 Å². The smallest absolute Gasteiger partial charge is 0.0853 e. The van der Waals surface area contributed by atoms with Gasteiger partial charge in [0.1, 0.15) is 0 Å². The Morgan fingerprint density at radius 2 is 1.91 bits per heavy atom. The maximum atomic E-state index is 5.67. The van der Waals surface area contributed by atoms with Gasteiger partial charge in [-0.25, -0.2) is 0 Å². The number of azo groups is 1. The maximum absolute atomic E-state index is 5.67. The fourth-order valence-electron chi connectivity index (χ4n) is 0.660. The van der Waals surface area contributed by atoms with E-state index >= 15 is 0 Å². The summed E-state index contributed by atoms with van der Waals surface area (Å²) in [4.78, 5) is 0. The summed E-state index contributed by atoms with van der Waals surface area (Å²) in [5, 5.41) is 8.51. The molecule has 0 heterocycles. The minimum Gasteiger partial charge on any atom is -0.189 e. The van der Waals surface area contributed by atoms with E-state index in [0.29, 0.717) is 6.54 Å². The zero-order chi connectivity index (χ0) is 8.10. The molecule has 1 aromatic rings. The Bertz CT molecular complexity index is 241. The molecule has 0 aliphatic rings. The molecule has 11 heavy (non-hydrogen) atoms. The molecule has 0 aliphatic carbocycles. The molecule has 0 saturated carbocycles. The second-order valence-electron chi connectivity index (χ2n) is 2.03. The molecule has 1 rings (SSSR count). The summed E-state index contributed by atoms with van der Waals surface area (Å²) >= 11 is 5.67. The van der Waals surface area contributed by atoms with Crippen LogP contribution in [0.15, 0.2) is 34.5 Å².